The number of nitrogens with zero attached hydrogens (tertiary/aromatic N) is 2. The Morgan fingerprint density at radius 3 is 2.42 bits per heavy atom. The van der Waals surface area contributed by atoms with E-state index in [2.05, 4.69) is 35.3 Å². The number of hydrogen-bond acceptors (Lipinski definition) is 3. The van der Waals surface area contributed by atoms with Crippen LogP contribution in [0.15, 0.2) is 24.3 Å². The lowest BCUT2D eigenvalue weighted by molar-refractivity contribution is -0.134. The largest absolute Gasteiger partial charge is 0.368 e. The third-order valence-corrected chi connectivity index (χ3v) is 4.37. The summed E-state index contributed by atoms with van der Waals surface area (Å²) in [6, 6.07) is 7.52. The minimum Gasteiger partial charge on any atom is -0.368 e. The van der Waals surface area contributed by atoms with Gasteiger partial charge in [0.05, 0.1) is 12.6 Å². The Labute approximate surface area is 153 Å². The van der Waals surface area contributed by atoms with Crippen molar-refractivity contribution in [2.24, 2.45) is 0 Å². The molecule has 2 aliphatic rings. The molecule has 0 saturated carbocycles. The molecule has 0 spiro atoms. The highest BCUT2D eigenvalue weighted by Crippen LogP contribution is 2.26. The van der Waals surface area contributed by atoms with Crippen LogP contribution in [0.2, 0.25) is 0 Å². The maximum absolute atomic E-state index is 13.2. The molecule has 1 unspecified atom stereocenters. The molecule has 3 rings (SSSR count). The Bertz CT molecular complexity index is 566. The first-order valence-electron chi connectivity index (χ1n) is 7.66. The van der Waals surface area contributed by atoms with Gasteiger partial charge in [-0.1, -0.05) is 12.1 Å². The number of aryl methyl sites for hydroxylation is 1. The normalized spacial score (nSPS) is 22.5. The Morgan fingerprint density at radius 2 is 1.88 bits per heavy atom. The Hall–Kier alpha value is -1.11. The van der Waals surface area contributed by atoms with Gasteiger partial charge in [-0.05, 0) is 24.6 Å². The number of benzene rings is 1. The van der Waals surface area contributed by atoms with E-state index in [4.69, 9.17) is 0 Å². The van der Waals surface area contributed by atoms with Gasteiger partial charge in [-0.3, -0.25) is 10.1 Å². The number of piperazine rings is 1. The van der Waals surface area contributed by atoms with Crippen LogP contribution < -0.4 is 10.2 Å². The van der Waals surface area contributed by atoms with Gasteiger partial charge in [-0.2, -0.15) is 0 Å². The molecule has 2 aliphatic heterocycles. The van der Waals surface area contributed by atoms with Crippen LogP contribution in [0.5, 0.6) is 0 Å². The smallest absolute Gasteiger partial charge is 0.262 e. The average Bonchev–Trinajstić information content (AvgIpc) is 2.87. The molecular weight excluding hydrogens is 359 g/mol. The fourth-order valence-electron chi connectivity index (χ4n) is 3.12. The van der Waals surface area contributed by atoms with Gasteiger partial charge in [0.15, 0.2) is 0 Å². The van der Waals surface area contributed by atoms with Gasteiger partial charge in [-0.25, -0.2) is 8.78 Å². The predicted octanol–water partition coefficient (Wildman–Crippen LogP) is 2.48. The van der Waals surface area contributed by atoms with Gasteiger partial charge < -0.3 is 9.80 Å². The van der Waals surface area contributed by atoms with Crippen LogP contribution in [0, 0.1) is 6.92 Å². The number of rotatable bonds is 2. The maximum atomic E-state index is 13.2. The Morgan fingerprint density at radius 1 is 1.21 bits per heavy atom. The quantitative estimate of drug-likeness (QED) is 0.854. The molecule has 1 aromatic rings. The first kappa shape index (κ1) is 20.9. The Balaban J connectivity index is 0.00000144. The standard InChI is InChI=1S/C16H21F2N3O.2ClH/c1-12-3-2-4-13(9-12)20-5-7-21(8-6-20)15(22)14-10-16(17,18)11-19-14;;/h2-4,9,14,19H,5-8,10-11H2,1H3;2*1H. The van der Waals surface area contributed by atoms with Crippen LogP contribution in [0.4, 0.5) is 14.5 Å². The molecule has 2 fully saturated rings. The van der Waals surface area contributed by atoms with E-state index in [-0.39, 0.29) is 37.1 Å². The zero-order chi connectivity index (χ0) is 15.7. The number of amides is 1. The molecule has 1 amide bonds. The van der Waals surface area contributed by atoms with Crippen LogP contribution in [0.3, 0.4) is 0 Å². The number of nitrogens with one attached hydrogen (secondary N) is 1. The highest BCUT2D eigenvalue weighted by Gasteiger charge is 2.43. The van der Waals surface area contributed by atoms with Crippen LogP contribution in [-0.4, -0.2) is 55.5 Å². The fraction of sp³-hybridized carbons (Fsp3) is 0.562. The minimum atomic E-state index is -2.76. The highest BCUT2D eigenvalue weighted by atomic mass is 35.5. The molecule has 8 heteroatoms. The van der Waals surface area contributed by atoms with Gasteiger partial charge >= 0.3 is 0 Å². The van der Waals surface area contributed by atoms with E-state index in [1.807, 2.05) is 6.07 Å². The van der Waals surface area contributed by atoms with Crippen molar-refractivity contribution in [3.8, 4) is 0 Å². The average molecular weight is 382 g/mol. The van der Waals surface area contributed by atoms with Crippen molar-refractivity contribution >= 4 is 36.4 Å². The van der Waals surface area contributed by atoms with E-state index in [0.29, 0.717) is 13.1 Å². The van der Waals surface area contributed by atoms with Crippen LogP contribution in [-0.2, 0) is 4.79 Å². The van der Waals surface area contributed by atoms with Gasteiger partial charge in [0.2, 0.25) is 5.91 Å². The van der Waals surface area contributed by atoms with E-state index in [1.165, 1.54) is 5.56 Å². The summed E-state index contributed by atoms with van der Waals surface area (Å²) in [7, 11) is 0. The molecule has 0 bridgehead atoms. The summed E-state index contributed by atoms with van der Waals surface area (Å²) in [4.78, 5) is 16.2. The predicted molar refractivity (Wildman–Crippen MR) is 95.8 cm³/mol. The first-order valence-corrected chi connectivity index (χ1v) is 7.66. The highest BCUT2D eigenvalue weighted by molar-refractivity contribution is 5.85. The molecule has 24 heavy (non-hydrogen) atoms. The summed E-state index contributed by atoms with van der Waals surface area (Å²) in [5.74, 6) is -2.95. The molecule has 0 aliphatic carbocycles. The second-order valence-electron chi connectivity index (χ2n) is 6.14. The molecule has 0 aromatic heterocycles. The minimum absolute atomic E-state index is 0. The molecule has 136 valence electrons. The van der Waals surface area contributed by atoms with Crippen LogP contribution in [0.1, 0.15) is 12.0 Å². The SMILES string of the molecule is Cc1cccc(N2CCN(C(=O)C3CC(F)(F)CN3)CC2)c1.Cl.Cl. The maximum Gasteiger partial charge on any atom is 0.262 e. The topological polar surface area (TPSA) is 35.6 Å². The summed E-state index contributed by atoms with van der Waals surface area (Å²) in [6.07, 6.45) is -0.385. The van der Waals surface area contributed by atoms with Gasteiger partial charge in [0.25, 0.3) is 5.92 Å². The second-order valence-corrected chi connectivity index (χ2v) is 6.14. The summed E-state index contributed by atoms with van der Waals surface area (Å²) < 4.78 is 26.4. The number of carbonyl (C=O) groups excluding carboxylic acids is 1. The number of alkyl halides is 2. The lowest BCUT2D eigenvalue weighted by atomic mass is 10.1. The van der Waals surface area contributed by atoms with Crippen molar-refractivity contribution in [2.45, 2.75) is 25.3 Å². The van der Waals surface area contributed by atoms with Gasteiger partial charge in [0, 0.05) is 38.3 Å². The fourth-order valence-corrected chi connectivity index (χ4v) is 3.12. The summed E-state index contributed by atoms with van der Waals surface area (Å²) in [5, 5.41) is 2.64. The number of carbonyl (C=O) groups is 1. The molecule has 1 N–H and O–H groups in total. The number of halogens is 4. The van der Waals surface area contributed by atoms with Crippen molar-refractivity contribution in [1.82, 2.24) is 10.2 Å². The van der Waals surface area contributed by atoms with Crippen LogP contribution in [0.25, 0.3) is 0 Å². The van der Waals surface area contributed by atoms with E-state index < -0.39 is 18.5 Å². The van der Waals surface area contributed by atoms with Crippen molar-refractivity contribution in [3.63, 3.8) is 0 Å². The molecule has 4 nitrogen and oxygen atoms in total. The van der Waals surface area contributed by atoms with Crippen molar-refractivity contribution < 1.29 is 13.6 Å². The van der Waals surface area contributed by atoms with Crippen molar-refractivity contribution in [3.05, 3.63) is 29.8 Å². The lowest BCUT2D eigenvalue weighted by Gasteiger charge is -2.37. The summed E-state index contributed by atoms with van der Waals surface area (Å²) >= 11 is 0. The molecular formula is C16H23Cl2F2N3O. The summed E-state index contributed by atoms with van der Waals surface area (Å²) in [5.41, 5.74) is 2.35. The second kappa shape index (κ2) is 8.32. The number of anilines is 1. The molecule has 2 saturated heterocycles. The monoisotopic (exact) mass is 381 g/mol. The van der Waals surface area contributed by atoms with Crippen LogP contribution >= 0.6 is 24.8 Å². The third-order valence-electron chi connectivity index (χ3n) is 4.37. The van der Waals surface area contributed by atoms with E-state index in [0.717, 1.165) is 18.8 Å². The number of hydrogen-bond donors (Lipinski definition) is 1. The molecule has 1 atom stereocenters. The first-order chi connectivity index (χ1) is 10.4. The van der Waals surface area contributed by atoms with Gasteiger partial charge in [0.1, 0.15) is 0 Å². The molecule has 2 heterocycles. The van der Waals surface area contributed by atoms with Crippen molar-refractivity contribution in [2.75, 3.05) is 37.6 Å². The zero-order valence-electron chi connectivity index (χ0n) is 13.5. The molecule has 0 radical (unpaired) electrons. The van der Waals surface area contributed by atoms with Gasteiger partial charge in [-0.15, -0.1) is 24.8 Å². The lowest BCUT2D eigenvalue weighted by Crippen LogP contribution is -2.53. The van der Waals surface area contributed by atoms with Crippen molar-refractivity contribution in [1.29, 1.82) is 0 Å². The van der Waals surface area contributed by atoms with E-state index in [9.17, 15) is 13.6 Å². The third kappa shape index (κ3) is 4.71. The Kier molecular flexibility index (Phi) is 7.25. The zero-order valence-corrected chi connectivity index (χ0v) is 15.1. The van der Waals surface area contributed by atoms with E-state index in [1.54, 1.807) is 4.90 Å². The summed E-state index contributed by atoms with van der Waals surface area (Å²) in [6.45, 7) is 4.28. The molecule has 1 aromatic carbocycles. The van der Waals surface area contributed by atoms with E-state index >= 15 is 0 Å².